The van der Waals surface area contributed by atoms with Crippen LogP contribution in [0, 0.1) is 0 Å². The van der Waals surface area contributed by atoms with Crippen molar-refractivity contribution in [3.63, 3.8) is 0 Å². The largest absolute Gasteiger partial charge is 0.490 e. The van der Waals surface area contributed by atoms with Crippen molar-refractivity contribution in [1.82, 2.24) is 0 Å². The molecule has 0 aliphatic rings. The lowest BCUT2D eigenvalue weighted by atomic mass is 10.5. The Morgan fingerprint density at radius 3 is 1.67 bits per heavy atom. The van der Waals surface area contributed by atoms with E-state index in [9.17, 15) is 0 Å². The van der Waals surface area contributed by atoms with Gasteiger partial charge in [-0.05, 0) is 39.9 Å². The van der Waals surface area contributed by atoms with Gasteiger partial charge in [0.2, 0.25) is 0 Å². The van der Waals surface area contributed by atoms with Gasteiger partial charge in [0.25, 0.3) is 0 Å². The molecule has 0 saturated carbocycles. The second kappa shape index (κ2) is 7.32. The zero-order valence-corrected chi connectivity index (χ0v) is 12.4. The minimum Gasteiger partial charge on any atom is -0.490 e. The highest BCUT2D eigenvalue weighted by molar-refractivity contribution is 7.80. The predicted octanol–water partition coefficient (Wildman–Crippen LogP) is 2.42. The molecule has 90 valence electrons. The van der Waals surface area contributed by atoms with Crippen LogP contribution in [0.1, 0.15) is 34.6 Å². The van der Waals surface area contributed by atoms with Crippen LogP contribution in [0.5, 0.6) is 0 Å². The molecule has 0 N–H and O–H groups in total. The molecule has 3 nitrogen and oxygen atoms in total. The van der Waals surface area contributed by atoms with Gasteiger partial charge >= 0.3 is 9.28 Å². The summed E-state index contributed by atoms with van der Waals surface area (Å²) in [5.74, 6) is 0. The summed E-state index contributed by atoms with van der Waals surface area (Å²) < 4.78 is 16.7. The second-order valence-electron chi connectivity index (χ2n) is 4.05. The molecule has 0 aliphatic carbocycles. The van der Waals surface area contributed by atoms with E-state index >= 15 is 0 Å². The Bertz CT molecular complexity index is 187. The number of thiocarbonyl (C=S) groups is 1. The summed E-state index contributed by atoms with van der Waals surface area (Å²) in [6.07, 6.45) is 0.338. The lowest BCUT2D eigenvalue weighted by molar-refractivity contribution is 0.126. The first-order valence-electron chi connectivity index (χ1n) is 5.27. The number of ether oxygens (including phenoxy) is 1. The average molecular weight is 250 g/mol. The molecule has 0 aromatic heterocycles. The van der Waals surface area contributed by atoms with Gasteiger partial charge in [0, 0.05) is 12.2 Å². The summed E-state index contributed by atoms with van der Waals surface area (Å²) in [7, 11) is -0.193. The standard InChI is InChI=1S/C10H22O3SSi/c1-7(2)12-15(13-8(3)4)9(5)10(14)11-6/h7-9,15H,1-6H3. The van der Waals surface area contributed by atoms with E-state index in [2.05, 4.69) is 0 Å². The molecule has 1 unspecified atom stereocenters. The fraction of sp³-hybridized carbons (Fsp3) is 0.900. The normalized spacial score (nSPS) is 13.7. The van der Waals surface area contributed by atoms with Gasteiger partial charge in [0.15, 0.2) is 5.05 Å². The quantitative estimate of drug-likeness (QED) is 0.534. The minimum atomic E-state index is -1.79. The third-order valence-electron chi connectivity index (χ3n) is 1.79. The van der Waals surface area contributed by atoms with E-state index in [4.69, 9.17) is 25.8 Å². The Labute approximate surface area is 99.9 Å². The molecule has 1 atom stereocenters. The monoisotopic (exact) mass is 250 g/mol. The fourth-order valence-corrected chi connectivity index (χ4v) is 3.40. The molecular weight excluding hydrogens is 228 g/mol. The van der Waals surface area contributed by atoms with Crippen LogP contribution in [0.2, 0.25) is 5.54 Å². The Morgan fingerprint density at radius 2 is 1.40 bits per heavy atom. The van der Waals surface area contributed by atoms with E-state index in [1.165, 1.54) is 0 Å². The molecule has 0 fully saturated rings. The molecule has 0 radical (unpaired) electrons. The van der Waals surface area contributed by atoms with Gasteiger partial charge < -0.3 is 13.6 Å². The fourth-order valence-electron chi connectivity index (χ4n) is 1.10. The third-order valence-corrected chi connectivity index (χ3v) is 5.32. The van der Waals surface area contributed by atoms with Gasteiger partial charge in [0.1, 0.15) is 0 Å². The van der Waals surface area contributed by atoms with Crippen molar-refractivity contribution in [3.05, 3.63) is 0 Å². The maximum Gasteiger partial charge on any atom is 0.333 e. The molecule has 0 bridgehead atoms. The van der Waals surface area contributed by atoms with Crippen molar-refractivity contribution in [2.24, 2.45) is 0 Å². The average Bonchev–Trinajstić information content (AvgIpc) is 2.13. The van der Waals surface area contributed by atoms with Crippen molar-refractivity contribution in [3.8, 4) is 0 Å². The van der Waals surface area contributed by atoms with Crippen LogP contribution in [0.15, 0.2) is 0 Å². The van der Waals surface area contributed by atoms with Crippen LogP contribution in [-0.4, -0.2) is 33.7 Å². The third kappa shape index (κ3) is 6.24. The predicted molar refractivity (Wildman–Crippen MR) is 68.6 cm³/mol. The minimum absolute atomic E-state index is 0.0924. The summed E-state index contributed by atoms with van der Waals surface area (Å²) in [6, 6.07) is 0. The number of rotatable bonds is 6. The maximum absolute atomic E-state index is 5.80. The van der Waals surface area contributed by atoms with Crippen LogP contribution >= 0.6 is 12.2 Å². The van der Waals surface area contributed by atoms with E-state index in [1.54, 1.807) is 7.11 Å². The summed E-state index contributed by atoms with van der Waals surface area (Å²) in [5.41, 5.74) is 0.0924. The zero-order valence-electron chi connectivity index (χ0n) is 10.4. The number of methoxy groups -OCH3 is 1. The van der Waals surface area contributed by atoms with Gasteiger partial charge in [-0.3, -0.25) is 0 Å². The Balaban J connectivity index is 4.39. The van der Waals surface area contributed by atoms with E-state index in [0.717, 1.165) is 0 Å². The maximum atomic E-state index is 5.80. The molecule has 0 aromatic carbocycles. The van der Waals surface area contributed by atoms with Crippen LogP contribution in [-0.2, 0) is 13.6 Å². The molecule has 0 aliphatic heterocycles. The molecule has 0 amide bonds. The molecule has 0 aromatic rings. The van der Waals surface area contributed by atoms with Crippen molar-refractivity contribution in [2.75, 3.05) is 7.11 Å². The van der Waals surface area contributed by atoms with Crippen LogP contribution < -0.4 is 0 Å². The first-order valence-corrected chi connectivity index (χ1v) is 7.29. The van der Waals surface area contributed by atoms with Gasteiger partial charge in [-0.1, -0.05) is 6.92 Å². The first kappa shape index (κ1) is 15.0. The topological polar surface area (TPSA) is 27.7 Å². The summed E-state index contributed by atoms with van der Waals surface area (Å²) in [4.78, 5) is 0. The summed E-state index contributed by atoms with van der Waals surface area (Å²) in [6.45, 7) is 10.0. The molecule has 0 heterocycles. The number of hydrogen-bond acceptors (Lipinski definition) is 4. The first-order chi connectivity index (χ1) is 6.88. The van der Waals surface area contributed by atoms with E-state index in [-0.39, 0.29) is 17.7 Å². The molecule has 15 heavy (non-hydrogen) atoms. The Kier molecular flexibility index (Phi) is 7.34. The SMILES string of the molecule is COC(=S)C(C)[SiH](OC(C)C)OC(C)C. The van der Waals surface area contributed by atoms with Crippen molar-refractivity contribution in [2.45, 2.75) is 52.4 Å². The van der Waals surface area contributed by atoms with E-state index in [0.29, 0.717) is 5.05 Å². The Hall–Kier alpha value is 0.0269. The Morgan fingerprint density at radius 1 is 1.00 bits per heavy atom. The van der Waals surface area contributed by atoms with Crippen molar-refractivity contribution >= 4 is 26.6 Å². The van der Waals surface area contributed by atoms with Crippen molar-refractivity contribution < 1.29 is 13.6 Å². The highest BCUT2D eigenvalue weighted by atomic mass is 32.1. The van der Waals surface area contributed by atoms with Crippen LogP contribution in [0.3, 0.4) is 0 Å². The van der Waals surface area contributed by atoms with Crippen molar-refractivity contribution in [1.29, 1.82) is 0 Å². The highest BCUT2D eigenvalue weighted by Crippen LogP contribution is 2.17. The lowest BCUT2D eigenvalue weighted by Crippen LogP contribution is -2.36. The molecule has 5 heteroatoms. The smallest absolute Gasteiger partial charge is 0.333 e. The van der Waals surface area contributed by atoms with E-state index in [1.807, 2.05) is 34.6 Å². The molecule has 0 saturated heterocycles. The van der Waals surface area contributed by atoms with Gasteiger partial charge in [0.05, 0.1) is 12.7 Å². The van der Waals surface area contributed by atoms with Gasteiger partial charge in [-0.2, -0.15) is 0 Å². The molecule has 0 spiro atoms. The molecule has 0 rings (SSSR count). The van der Waals surface area contributed by atoms with Gasteiger partial charge in [-0.15, -0.1) is 0 Å². The second-order valence-corrected chi connectivity index (χ2v) is 6.73. The van der Waals surface area contributed by atoms with Crippen LogP contribution in [0.4, 0.5) is 0 Å². The zero-order chi connectivity index (χ0) is 12.0. The summed E-state index contributed by atoms with van der Waals surface area (Å²) >= 11 is 5.11. The van der Waals surface area contributed by atoms with Gasteiger partial charge in [-0.25, -0.2) is 0 Å². The lowest BCUT2D eigenvalue weighted by Gasteiger charge is -2.26. The highest BCUT2D eigenvalue weighted by Gasteiger charge is 2.28. The van der Waals surface area contributed by atoms with Crippen LogP contribution in [0.25, 0.3) is 0 Å². The summed E-state index contributed by atoms with van der Waals surface area (Å²) in [5, 5.41) is 0.577. The number of hydrogen-bond donors (Lipinski definition) is 0. The van der Waals surface area contributed by atoms with E-state index < -0.39 is 9.28 Å². The molecular formula is C10H22O3SSi.